The summed E-state index contributed by atoms with van der Waals surface area (Å²) in [4.78, 5) is 10.2. The van der Waals surface area contributed by atoms with E-state index in [1.165, 1.54) is 24.3 Å². The number of benzene rings is 1. The van der Waals surface area contributed by atoms with Crippen molar-refractivity contribution < 1.29 is 23.9 Å². The second kappa shape index (κ2) is 7.87. The Hall–Kier alpha value is -1.74. The van der Waals surface area contributed by atoms with Gasteiger partial charge in [-0.05, 0) is 36.3 Å². The smallest absolute Gasteiger partial charge is 0.269 e. The molecule has 0 saturated carbocycles. The molecule has 144 valence electrons. The fraction of sp³-hybridized carbons (Fsp3) is 0.556. The summed E-state index contributed by atoms with van der Waals surface area (Å²) in [5.74, 6) is 0.450. The van der Waals surface area contributed by atoms with E-state index in [9.17, 15) is 15.2 Å². The third-order valence-corrected chi connectivity index (χ3v) is 9.37. The van der Waals surface area contributed by atoms with Gasteiger partial charge in [0, 0.05) is 12.1 Å². The third kappa shape index (κ3) is 5.13. The molecule has 0 aliphatic carbocycles. The van der Waals surface area contributed by atoms with Crippen molar-refractivity contribution in [1.82, 2.24) is 0 Å². The lowest BCUT2D eigenvalue weighted by Crippen LogP contribution is -2.47. The van der Waals surface area contributed by atoms with Gasteiger partial charge >= 0.3 is 0 Å². The van der Waals surface area contributed by atoms with Crippen LogP contribution in [0, 0.1) is 10.1 Å². The molecule has 0 bridgehead atoms. The molecule has 1 aliphatic heterocycles. The zero-order chi connectivity index (χ0) is 19.5. The van der Waals surface area contributed by atoms with Crippen molar-refractivity contribution >= 4 is 14.0 Å². The zero-order valence-electron chi connectivity index (χ0n) is 15.8. The van der Waals surface area contributed by atoms with Gasteiger partial charge in [-0.15, -0.1) is 0 Å². The van der Waals surface area contributed by atoms with Gasteiger partial charge in [0.2, 0.25) is 6.29 Å². The molecule has 0 unspecified atom stereocenters. The molecule has 2 rings (SSSR count). The SMILES string of the molecule is CC(C)(C)[Si](C)(C)OC[C@H]1O[C@H](Oc2ccc([N+](=O)[O-])cc2)C=C[C@@H]1O. The van der Waals surface area contributed by atoms with Crippen LogP contribution in [0.25, 0.3) is 0 Å². The number of hydrogen-bond acceptors (Lipinski definition) is 6. The first-order valence-electron chi connectivity index (χ1n) is 8.56. The van der Waals surface area contributed by atoms with E-state index in [0.29, 0.717) is 5.75 Å². The molecule has 0 spiro atoms. The lowest BCUT2D eigenvalue weighted by molar-refractivity contribution is -0.384. The summed E-state index contributed by atoms with van der Waals surface area (Å²) in [6, 6.07) is 5.77. The number of aliphatic hydroxyl groups excluding tert-OH is 1. The van der Waals surface area contributed by atoms with E-state index in [1.807, 2.05) is 0 Å². The highest BCUT2D eigenvalue weighted by atomic mass is 28.4. The standard InChI is InChI=1S/C18H27NO6Si/c1-18(2,3)26(4,5)23-12-16-15(20)10-11-17(25-16)24-14-8-6-13(7-9-14)19(21)22/h6-11,15-17,20H,12H2,1-5H3/t15-,16+,17-/m0/s1. The van der Waals surface area contributed by atoms with Gasteiger partial charge < -0.3 is 19.0 Å². The van der Waals surface area contributed by atoms with E-state index in [1.54, 1.807) is 12.2 Å². The van der Waals surface area contributed by atoms with Gasteiger partial charge in [0.1, 0.15) is 18.0 Å². The average molecular weight is 382 g/mol. The van der Waals surface area contributed by atoms with Crippen molar-refractivity contribution in [1.29, 1.82) is 0 Å². The maximum Gasteiger partial charge on any atom is 0.269 e. The van der Waals surface area contributed by atoms with Gasteiger partial charge in [0.15, 0.2) is 8.32 Å². The first kappa shape index (κ1) is 20.6. The van der Waals surface area contributed by atoms with Crippen LogP contribution in [0.5, 0.6) is 5.75 Å². The molecule has 0 amide bonds. The van der Waals surface area contributed by atoms with Crippen molar-refractivity contribution in [3.8, 4) is 5.75 Å². The number of nitro benzene ring substituents is 1. The van der Waals surface area contributed by atoms with Crippen LogP contribution in [0.4, 0.5) is 5.69 Å². The summed E-state index contributed by atoms with van der Waals surface area (Å²) in [6.07, 6.45) is 1.26. The number of aliphatic hydroxyl groups is 1. The number of rotatable bonds is 6. The Kier molecular flexibility index (Phi) is 6.23. The van der Waals surface area contributed by atoms with Gasteiger partial charge in [-0.2, -0.15) is 0 Å². The van der Waals surface area contributed by atoms with E-state index < -0.39 is 31.7 Å². The van der Waals surface area contributed by atoms with Crippen LogP contribution >= 0.6 is 0 Å². The molecule has 7 nitrogen and oxygen atoms in total. The van der Waals surface area contributed by atoms with Gasteiger partial charge in [0.05, 0.1) is 11.5 Å². The quantitative estimate of drug-likeness (QED) is 0.350. The number of ether oxygens (including phenoxy) is 2. The number of non-ortho nitro benzene ring substituents is 1. The molecule has 1 heterocycles. The Balaban J connectivity index is 1.96. The summed E-state index contributed by atoms with van der Waals surface area (Å²) >= 11 is 0. The van der Waals surface area contributed by atoms with Crippen LogP contribution < -0.4 is 4.74 Å². The minimum Gasteiger partial charge on any atom is -0.461 e. The second-order valence-corrected chi connectivity index (χ2v) is 12.7. The van der Waals surface area contributed by atoms with E-state index >= 15 is 0 Å². The maximum atomic E-state index is 10.7. The molecule has 0 aromatic heterocycles. The molecule has 1 aromatic rings. The highest BCUT2D eigenvalue weighted by Crippen LogP contribution is 2.37. The fourth-order valence-corrected chi connectivity index (χ4v) is 3.13. The fourth-order valence-electron chi connectivity index (χ4n) is 2.12. The Morgan fingerprint density at radius 3 is 2.38 bits per heavy atom. The molecule has 0 fully saturated rings. The lowest BCUT2D eigenvalue weighted by atomic mass is 10.1. The van der Waals surface area contributed by atoms with Crippen LogP contribution in [0.1, 0.15) is 20.8 Å². The minimum absolute atomic E-state index is 0.00600. The Bertz CT molecular complexity index is 653. The topological polar surface area (TPSA) is 91.1 Å². The Labute approximate surface area is 154 Å². The predicted molar refractivity (Wildman–Crippen MR) is 101 cm³/mol. The van der Waals surface area contributed by atoms with Gasteiger partial charge in [-0.25, -0.2) is 0 Å². The maximum absolute atomic E-state index is 10.7. The molecular formula is C18H27NO6Si. The van der Waals surface area contributed by atoms with Gasteiger partial charge in [0.25, 0.3) is 5.69 Å². The second-order valence-electron chi connectivity index (χ2n) is 7.86. The summed E-state index contributed by atoms with van der Waals surface area (Å²) < 4.78 is 17.6. The number of nitro groups is 1. The zero-order valence-corrected chi connectivity index (χ0v) is 16.8. The largest absolute Gasteiger partial charge is 0.461 e. The van der Waals surface area contributed by atoms with Crippen molar-refractivity contribution in [2.24, 2.45) is 0 Å². The molecule has 1 N–H and O–H groups in total. The molecule has 3 atom stereocenters. The van der Waals surface area contributed by atoms with E-state index in [4.69, 9.17) is 13.9 Å². The number of nitrogens with zero attached hydrogens (tertiary/aromatic N) is 1. The highest BCUT2D eigenvalue weighted by molar-refractivity contribution is 6.74. The summed E-state index contributed by atoms with van der Waals surface area (Å²) in [7, 11) is -1.95. The van der Waals surface area contributed by atoms with Crippen LogP contribution in [-0.4, -0.2) is 43.5 Å². The van der Waals surface area contributed by atoms with Crippen molar-refractivity contribution in [2.75, 3.05) is 6.61 Å². The average Bonchev–Trinajstić information content (AvgIpc) is 2.55. The minimum atomic E-state index is -1.95. The molecule has 8 heteroatoms. The molecule has 26 heavy (non-hydrogen) atoms. The van der Waals surface area contributed by atoms with Gasteiger partial charge in [-0.3, -0.25) is 10.1 Å². The molecule has 0 radical (unpaired) electrons. The summed E-state index contributed by atoms with van der Waals surface area (Å²) in [6.45, 7) is 11.0. The molecular weight excluding hydrogens is 354 g/mol. The third-order valence-electron chi connectivity index (χ3n) is 4.87. The molecule has 1 aliphatic rings. The first-order chi connectivity index (χ1) is 12.0. The first-order valence-corrected chi connectivity index (χ1v) is 11.5. The normalized spacial score (nSPS) is 23.7. The van der Waals surface area contributed by atoms with Crippen LogP contribution in [0.3, 0.4) is 0 Å². The van der Waals surface area contributed by atoms with Crippen LogP contribution in [0.15, 0.2) is 36.4 Å². The lowest BCUT2D eigenvalue weighted by Gasteiger charge is -2.38. The van der Waals surface area contributed by atoms with E-state index in [0.717, 1.165) is 0 Å². The van der Waals surface area contributed by atoms with Gasteiger partial charge in [-0.1, -0.05) is 26.8 Å². The van der Waals surface area contributed by atoms with Crippen LogP contribution in [-0.2, 0) is 9.16 Å². The number of hydrogen-bond donors (Lipinski definition) is 1. The van der Waals surface area contributed by atoms with E-state index in [-0.39, 0.29) is 17.3 Å². The monoisotopic (exact) mass is 381 g/mol. The van der Waals surface area contributed by atoms with Crippen molar-refractivity contribution in [2.45, 2.75) is 57.4 Å². The Morgan fingerprint density at radius 1 is 1.23 bits per heavy atom. The predicted octanol–water partition coefficient (Wildman–Crippen LogP) is 3.64. The molecule has 1 aromatic carbocycles. The molecule has 0 saturated heterocycles. The van der Waals surface area contributed by atoms with Crippen molar-refractivity contribution in [3.63, 3.8) is 0 Å². The van der Waals surface area contributed by atoms with Crippen LogP contribution in [0.2, 0.25) is 18.1 Å². The Morgan fingerprint density at radius 2 is 1.85 bits per heavy atom. The van der Waals surface area contributed by atoms with E-state index in [2.05, 4.69) is 33.9 Å². The summed E-state index contributed by atoms with van der Waals surface area (Å²) in [5.41, 5.74) is -0.00600. The summed E-state index contributed by atoms with van der Waals surface area (Å²) in [5, 5.41) is 20.9. The van der Waals surface area contributed by atoms with Crippen molar-refractivity contribution in [3.05, 3.63) is 46.5 Å². The highest BCUT2D eigenvalue weighted by Gasteiger charge is 2.39.